The van der Waals surface area contributed by atoms with E-state index in [0.29, 0.717) is 0 Å². The minimum absolute atomic E-state index is 0.794. The molecule has 2 rings (SSSR count). The third-order valence-electron chi connectivity index (χ3n) is 1.49. The van der Waals surface area contributed by atoms with Crippen LogP contribution in [-0.2, 0) is 0 Å². The van der Waals surface area contributed by atoms with E-state index >= 15 is 0 Å². The van der Waals surface area contributed by atoms with E-state index in [-0.39, 0.29) is 0 Å². The van der Waals surface area contributed by atoms with Crippen LogP contribution in [0.2, 0.25) is 0 Å². The Hall–Kier alpha value is -1.51. The monoisotopic (exact) mass is 135 g/mol. The lowest BCUT2D eigenvalue weighted by Gasteiger charge is -1.82. The highest BCUT2D eigenvalue weighted by Crippen LogP contribution is 2.03. The molecule has 0 saturated heterocycles. The lowest BCUT2D eigenvalue weighted by atomic mass is 10.4. The Morgan fingerprint density at radius 1 is 1.40 bits per heavy atom. The molecule has 0 fully saturated rings. The molecule has 10 heavy (non-hydrogen) atoms. The van der Waals surface area contributed by atoms with Gasteiger partial charge in [0, 0.05) is 23.1 Å². The highest BCUT2D eigenvalue weighted by Gasteiger charge is 2.04. The van der Waals surface area contributed by atoms with E-state index < -0.39 is 0 Å². The number of hydrogen-bond donors (Lipinski definition) is 2. The Bertz CT molecular complexity index is 353. The molecule has 0 saturated carbocycles. The van der Waals surface area contributed by atoms with Gasteiger partial charge < -0.3 is 4.98 Å². The Labute approximate surface area is 57.5 Å². The molecule has 0 aliphatic carbocycles. The van der Waals surface area contributed by atoms with E-state index in [0.717, 1.165) is 15.8 Å². The van der Waals surface area contributed by atoms with Crippen LogP contribution < -0.4 is 4.73 Å². The number of rotatable bonds is 0. The maximum Gasteiger partial charge on any atom is 0.281 e. The molecular formula is C7H7N2O+. The van der Waals surface area contributed by atoms with Crippen LogP contribution in [0.5, 0.6) is 0 Å². The smallest absolute Gasteiger partial charge is 0.281 e. The number of hydrogen-bond acceptors (Lipinski definition) is 1. The Morgan fingerprint density at radius 2 is 2.30 bits per heavy atom. The van der Waals surface area contributed by atoms with Crippen LogP contribution in [0.15, 0.2) is 30.6 Å². The van der Waals surface area contributed by atoms with E-state index in [2.05, 4.69) is 4.98 Å². The molecular weight excluding hydrogens is 128 g/mol. The average Bonchev–Trinajstić information content (AvgIpc) is 2.36. The van der Waals surface area contributed by atoms with Crippen molar-refractivity contribution in [3.8, 4) is 0 Å². The van der Waals surface area contributed by atoms with Crippen molar-refractivity contribution in [2.24, 2.45) is 0 Å². The molecule has 0 aliphatic heterocycles. The van der Waals surface area contributed by atoms with Crippen LogP contribution in [0.4, 0.5) is 0 Å². The minimum Gasteiger partial charge on any atom is -0.356 e. The van der Waals surface area contributed by atoms with Crippen molar-refractivity contribution in [1.29, 1.82) is 0 Å². The van der Waals surface area contributed by atoms with Gasteiger partial charge in [-0.2, -0.15) is 0 Å². The first-order valence-corrected chi connectivity index (χ1v) is 3.05. The van der Waals surface area contributed by atoms with Crippen LogP contribution in [0.25, 0.3) is 11.0 Å². The van der Waals surface area contributed by atoms with Crippen LogP contribution >= 0.6 is 0 Å². The summed E-state index contributed by atoms with van der Waals surface area (Å²) in [5, 5.41) is 9.16. The number of aromatic nitrogens is 2. The molecule has 0 unspecified atom stereocenters. The van der Waals surface area contributed by atoms with Crippen molar-refractivity contribution in [1.82, 2.24) is 4.98 Å². The SMILES string of the molecule is O[n+]1cccc2[nH]ccc21. The van der Waals surface area contributed by atoms with E-state index in [4.69, 9.17) is 5.21 Å². The van der Waals surface area contributed by atoms with Crippen LogP contribution in [0.3, 0.4) is 0 Å². The summed E-state index contributed by atoms with van der Waals surface area (Å²) in [7, 11) is 0. The number of aromatic amines is 1. The van der Waals surface area contributed by atoms with Crippen LogP contribution in [-0.4, -0.2) is 10.2 Å². The first kappa shape index (κ1) is 5.29. The number of fused-ring (bicyclic) bond motifs is 1. The molecule has 0 atom stereocenters. The van der Waals surface area contributed by atoms with E-state index in [9.17, 15) is 0 Å². The maximum absolute atomic E-state index is 9.16. The second-order valence-electron chi connectivity index (χ2n) is 2.13. The van der Waals surface area contributed by atoms with Gasteiger partial charge in [0.2, 0.25) is 6.20 Å². The molecule has 0 bridgehead atoms. The van der Waals surface area contributed by atoms with Gasteiger partial charge in [-0.05, 0) is 6.07 Å². The zero-order valence-electron chi connectivity index (χ0n) is 5.28. The fourth-order valence-corrected chi connectivity index (χ4v) is 1.01. The second kappa shape index (κ2) is 1.73. The standard InChI is InChI=1S/C7H6N2O/c10-9-5-1-2-6-7(9)3-4-8-6/h1-5,10H/p+1. The van der Waals surface area contributed by atoms with Crippen LogP contribution in [0, 0.1) is 0 Å². The number of nitrogens with one attached hydrogen (secondary N) is 1. The van der Waals surface area contributed by atoms with Gasteiger partial charge in [-0.3, -0.25) is 5.21 Å². The molecule has 0 spiro atoms. The molecule has 3 heteroatoms. The van der Waals surface area contributed by atoms with E-state index in [1.165, 1.54) is 0 Å². The first-order chi connectivity index (χ1) is 4.88. The topological polar surface area (TPSA) is 39.9 Å². The molecule has 2 aromatic rings. The molecule has 0 aliphatic rings. The molecule has 3 nitrogen and oxygen atoms in total. The third-order valence-corrected chi connectivity index (χ3v) is 1.49. The van der Waals surface area contributed by atoms with Crippen molar-refractivity contribution >= 4 is 11.0 Å². The maximum atomic E-state index is 9.16. The van der Waals surface area contributed by atoms with Crippen molar-refractivity contribution in [3.63, 3.8) is 0 Å². The lowest BCUT2D eigenvalue weighted by molar-refractivity contribution is -0.884. The zero-order chi connectivity index (χ0) is 6.97. The molecule has 2 aromatic heterocycles. The van der Waals surface area contributed by atoms with Gasteiger partial charge in [-0.1, -0.05) is 0 Å². The minimum atomic E-state index is 0.794. The molecule has 2 N–H and O–H groups in total. The second-order valence-corrected chi connectivity index (χ2v) is 2.13. The summed E-state index contributed by atoms with van der Waals surface area (Å²) in [6, 6.07) is 5.50. The molecule has 0 amide bonds. The van der Waals surface area contributed by atoms with Crippen molar-refractivity contribution < 1.29 is 9.94 Å². The van der Waals surface area contributed by atoms with Gasteiger partial charge in [-0.25, -0.2) is 0 Å². The van der Waals surface area contributed by atoms with Gasteiger partial charge in [0.25, 0.3) is 5.52 Å². The number of nitrogens with zero attached hydrogens (tertiary/aromatic N) is 1. The van der Waals surface area contributed by atoms with E-state index in [1.54, 1.807) is 18.5 Å². The Balaban J connectivity index is 2.95. The summed E-state index contributed by atoms with van der Waals surface area (Å²) in [4.78, 5) is 2.98. The van der Waals surface area contributed by atoms with Crippen molar-refractivity contribution in [3.05, 3.63) is 30.6 Å². The van der Waals surface area contributed by atoms with Crippen LogP contribution in [0.1, 0.15) is 0 Å². The largest absolute Gasteiger partial charge is 0.356 e. The van der Waals surface area contributed by atoms with Crippen molar-refractivity contribution in [2.75, 3.05) is 0 Å². The number of pyridine rings is 1. The lowest BCUT2D eigenvalue weighted by Crippen LogP contribution is -2.29. The highest BCUT2D eigenvalue weighted by atomic mass is 16.5. The van der Waals surface area contributed by atoms with Gasteiger partial charge in [-0.15, -0.1) is 0 Å². The van der Waals surface area contributed by atoms with Gasteiger partial charge in [0.1, 0.15) is 5.52 Å². The van der Waals surface area contributed by atoms with Gasteiger partial charge in [0.05, 0.1) is 0 Å². The predicted octanol–water partition coefficient (Wildman–Crippen LogP) is 0.693. The molecule has 2 heterocycles. The molecule has 0 aromatic carbocycles. The Morgan fingerprint density at radius 3 is 3.10 bits per heavy atom. The predicted molar refractivity (Wildman–Crippen MR) is 35.7 cm³/mol. The normalized spacial score (nSPS) is 10.4. The average molecular weight is 135 g/mol. The highest BCUT2D eigenvalue weighted by molar-refractivity contribution is 5.70. The summed E-state index contributed by atoms with van der Waals surface area (Å²) < 4.78 is 1.09. The number of H-pyrrole nitrogens is 1. The summed E-state index contributed by atoms with van der Waals surface area (Å²) in [6.45, 7) is 0. The summed E-state index contributed by atoms with van der Waals surface area (Å²) in [5.74, 6) is 0. The fourth-order valence-electron chi connectivity index (χ4n) is 1.01. The van der Waals surface area contributed by atoms with Gasteiger partial charge >= 0.3 is 0 Å². The summed E-state index contributed by atoms with van der Waals surface area (Å²) in [6.07, 6.45) is 3.38. The Kier molecular flexibility index (Phi) is 0.917. The van der Waals surface area contributed by atoms with Gasteiger partial charge in [0.15, 0.2) is 0 Å². The summed E-state index contributed by atoms with van der Waals surface area (Å²) in [5.41, 5.74) is 1.73. The molecule has 0 radical (unpaired) electrons. The molecule has 50 valence electrons. The summed E-state index contributed by atoms with van der Waals surface area (Å²) >= 11 is 0. The quantitative estimate of drug-likeness (QED) is 0.405. The first-order valence-electron chi connectivity index (χ1n) is 3.05. The fraction of sp³-hybridized carbons (Fsp3) is 0. The van der Waals surface area contributed by atoms with E-state index in [1.807, 2.05) is 12.1 Å². The van der Waals surface area contributed by atoms with Crippen molar-refractivity contribution in [2.45, 2.75) is 0 Å². The zero-order valence-corrected chi connectivity index (χ0v) is 5.28. The third kappa shape index (κ3) is 0.572.